The molecular weight excluding hydrogens is 314 g/mol. The first-order valence-electron chi connectivity index (χ1n) is 6.87. The number of carboxylic acid groups (broad SMARTS) is 1. The number of nitrogens with zero attached hydrogens (tertiary/aromatic N) is 1. The molecule has 23 heavy (non-hydrogen) atoms. The topological polar surface area (TPSA) is 84.3 Å². The fourth-order valence-corrected chi connectivity index (χ4v) is 3.90. The van der Waals surface area contributed by atoms with Gasteiger partial charge in [0, 0.05) is 5.39 Å². The van der Waals surface area contributed by atoms with Gasteiger partial charge in [0.25, 0.3) is 0 Å². The van der Waals surface area contributed by atoms with Gasteiger partial charge in [0.15, 0.2) is 14.9 Å². The lowest BCUT2D eigenvalue weighted by atomic mass is 10.1. The zero-order valence-electron chi connectivity index (χ0n) is 12.0. The Morgan fingerprint density at radius 1 is 1.00 bits per heavy atom. The molecule has 2 aromatic carbocycles. The first-order valence-corrected chi connectivity index (χ1v) is 8.52. The van der Waals surface area contributed by atoms with Crippen LogP contribution in [0.1, 0.15) is 16.1 Å². The Morgan fingerprint density at radius 3 is 2.35 bits per heavy atom. The highest BCUT2D eigenvalue weighted by molar-refractivity contribution is 7.90. The zero-order valence-corrected chi connectivity index (χ0v) is 12.8. The van der Waals surface area contributed by atoms with Crippen LogP contribution in [0.4, 0.5) is 0 Å². The van der Waals surface area contributed by atoms with Crippen molar-refractivity contribution in [2.24, 2.45) is 0 Å². The third kappa shape index (κ3) is 3.07. The Hall–Kier alpha value is -2.73. The van der Waals surface area contributed by atoms with E-state index in [0.717, 1.165) is 0 Å². The predicted molar refractivity (Wildman–Crippen MR) is 86.0 cm³/mol. The van der Waals surface area contributed by atoms with Gasteiger partial charge in [-0.2, -0.15) is 0 Å². The lowest BCUT2D eigenvalue weighted by Crippen LogP contribution is -2.11. The van der Waals surface area contributed by atoms with Gasteiger partial charge in [0.2, 0.25) is 0 Å². The zero-order chi connectivity index (χ0) is 16.4. The van der Waals surface area contributed by atoms with Crippen LogP contribution in [0.15, 0.2) is 65.7 Å². The SMILES string of the molecule is O=C(O)c1cc2ccccc2c(S(=O)(=O)Cc2ccccc2)n1. The number of sulfone groups is 1. The van der Waals surface area contributed by atoms with E-state index in [0.29, 0.717) is 16.3 Å². The fraction of sp³-hybridized carbons (Fsp3) is 0.0588. The summed E-state index contributed by atoms with van der Waals surface area (Å²) in [6.07, 6.45) is 0. The minimum absolute atomic E-state index is 0.197. The maximum Gasteiger partial charge on any atom is 0.354 e. The quantitative estimate of drug-likeness (QED) is 0.796. The summed E-state index contributed by atoms with van der Waals surface area (Å²) in [6, 6.07) is 16.8. The van der Waals surface area contributed by atoms with E-state index in [-0.39, 0.29) is 16.5 Å². The second-order valence-corrected chi connectivity index (χ2v) is 6.99. The molecule has 0 bridgehead atoms. The van der Waals surface area contributed by atoms with Gasteiger partial charge >= 0.3 is 5.97 Å². The number of carbonyl (C=O) groups is 1. The standard InChI is InChI=1S/C17H13NO4S/c19-17(20)15-10-13-8-4-5-9-14(13)16(18-15)23(21,22)11-12-6-2-1-3-7-12/h1-10H,11H2,(H,19,20). The smallest absolute Gasteiger partial charge is 0.354 e. The van der Waals surface area contributed by atoms with Crippen LogP contribution in [0.3, 0.4) is 0 Å². The molecule has 0 aliphatic carbocycles. The number of hydrogen-bond donors (Lipinski definition) is 1. The molecule has 0 atom stereocenters. The minimum atomic E-state index is -3.77. The average Bonchev–Trinajstić information content (AvgIpc) is 2.54. The molecule has 1 aromatic heterocycles. The molecule has 0 saturated carbocycles. The van der Waals surface area contributed by atoms with Crippen LogP contribution in [-0.4, -0.2) is 24.5 Å². The molecule has 1 N–H and O–H groups in total. The highest BCUT2D eigenvalue weighted by Gasteiger charge is 2.22. The molecule has 5 nitrogen and oxygen atoms in total. The van der Waals surface area contributed by atoms with Gasteiger partial charge in [-0.25, -0.2) is 18.2 Å². The predicted octanol–water partition coefficient (Wildman–Crippen LogP) is 2.91. The van der Waals surface area contributed by atoms with Crippen molar-refractivity contribution >= 4 is 26.6 Å². The van der Waals surface area contributed by atoms with E-state index in [4.69, 9.17) is 5.11 Å². The maximum atomic E-state index is 12.7. The summed E-state index contributed by atoms with van der Waals surface area (Å²) >= 11 is 0. The van der Waals surface area contributed by atoms with Gasteiger partial charge < -0.3 is 5.11 Å². The number of rotatable bonds is 4. The van der Waals surface area contributed by atoms with Crippen molar-refractivity contribution in [3.05, 3.63) is 71.9 Å². The van der Waals surface area contributed by atoms with Crippen molar-refractivity contribution in [3.63, 3.8) is 0 Å². The van der Waals surface area contributed by atoms with Gasteiger partial charge in [-0.05, 0) is 17.0 Å². The van der Waals surface area contributed by atoms with E-state index in [1.807, 2.05) is 0 Å². The summed E-state index contributed by atoms with van der Waals surface area (Å²) in [6.45, 7) is 0. The Balaban J connectivity index is 2.19. The molecule has 6 heteroatoms. The first-order chi connectivity index (χ1) is 11.0. The van der Waals surface area contributed by atoms with Crippen molar-refractivity contribution in [2.75, 3.05) is 0 Å². The van der Waals surface area contributed by atoms with E-state index >= 15 is 0 Å². The van der Waals surface area contributed by atoms with E-state index in [1.165, 1.54) is 6.07 Å². The highest BCUT2D eigenvalue weighted by atomic mass is 32.2. The molecule has 0 amide bonds. The fourth-order valence-electron chi connectivity index (χ4n) is 2.38. The number of aromatic nitrogens is 1. The second-order valence-electron chi connectivity index (χ2n) is 5.08. The molecule has 0 spiro atoms. The molecule has 0 aliphatic heterocycles. The molecule has 0 saturated heterocycles. The largest absolute Gasteiger partial charge is 0.477 e. The second kappa shape index (κ2) is 5.81. The van der Waals surface area contributed by atoms with Crippen LogP contribution in [-0.2, 0) is 15.6 Å². The van der Waals surface area contributed by atoms with Crippen LogP contribution < -0.4 is 0 Å². The Bertz CT molecular complexity index is 982. The Morgan fingerprint density at radius 2 is 1.65 bits per heavy atom. The first kappa shape index (κ1) is 15.2. The number of aromatic carboxylic acids is 1. The summed E-state index contributed by atoms with van der Waals surface area (Å²) in [5.74, 6) is -1.49. The normalized spacial score (nSPS) is 11.5. The van der Waals surface area contributed by atoms with Crippen molar-refractivity contribution in [1.29, 1.82) is 0 Å². The van der Waals surface area contributed by atoms with E-state index < -0.39 is 15.8 Å². The van der Waals surface area contributed by atoms with Crippen molar-refractivity contribution in [3.8, 4) is 0 Å². The summed E-state index contributed by atoms with van der Waals surface area (Å²) in [5, 5.41) is 9.93. The van der Waals surface area contributed by atoms with Gasteiger partial charge in [-0.3, -0.25) is 0 Å². The van der Waals surface area contributed by atoms with Crippen LogP contribution in [0.25, 0.3) is 10.8 Å². The molecule has 3 aromatic rings. The molecule has 0 unspecified atom stereocenters. The molecule has 0 radical (unpaired) electrons. The number of fused-ring (bicyclic) bond motifs is 1. The summed E-state index contributed by atoms with van der Waals surface area (Å²) in [5.41, 5.74) is 0.342. The third-order valence-corrected chi connectivity index (χ3v) is 5.03. The molecular formula is C17H13NO4S. The van der Waals surface area contributed by atoms with Crippen LogP contribution >= 0.6 is 0 Å². The molecule has 0 fully saturated rings. The average molecular weight is 327 g/mol. The highest BCUT2D eigenvalue weighted by Crippen LogP contribution is 2.25. The Kier molecular flexibility index (Phi) is 3.83. The van der Waals surface area contributed by atoms with E-state index in [9.17, 15) is 13.2 Å². The molecule has 1 heterocycles. The molecule has 0 aliphatic rings. The maximum absolute atomic E-state index is 12.7. The molecule has 116 valence electrons. The lowest BCUT2D eigenvalue weighted by molar-refractivity contribution is 0.0690. The van der Waals surface area contributed by atoms with Gasteiger partial charge in [0.1, 0.15) is 5.69 Å². The van der Waals surface area contributed by atoms with E-state index in [2.05, 4.69) is 4.98 Å². The Labute approximate surface area is 133 Å². The van der Waals surface area contributed by atoms with Crippen LogP contribution in [0.5, 0.6) is 0 Å². The van der Waals surface area contributed by atoms with Gasteiger partial charge in [0.05, 0.1) is 5.75 Å². The van der Waals surface area contributed by atoms with Crippen LogP contribution in [0, 0.1) is 0 Å². The molecule has 3 rings (SSSR count). The summed E-state index contributed by atoms with van der Waals surface area (Å²) in [7, 11) is -3.77. The lowest BCUT2D eigenvalue weighted by Gasteiger charge is -2.09. The number of benzene rings is 2. The minimum Gasteiger partial charge on any atom is -0.477 e. The van der Waals surface area contributed by atoms with Gasteiger partial charge in [-0.15, -0.1) is 0 Å². The third-order valence-electron chi connectivity index (χ3n) is 3.42. The van der Waals surface area contributed by atoms with Crippen molar-refractivity contribution in [1.82, 2.24) is 4.98 Å². The number of pyridine rings is 1. The number of hydrogen-bond acceptors (Lipinski definition) is 4. The van der Waals surface area contributed by atoms with Crippen molar-refractivity contribution in [2.45, 2.75) is 10.8 Å². The monoisotopic (exact) mass is 327 g/mol. The van der Waals surface area contributed by atoms with Crippen LogP contribution in [0.2, 0.25) is 0 Å². The summed E-state index contributed by atoms with van der Waals surface area (Å²) < 4.78 is 25.5. The number of carboxylic acids is 1. The van der Waals surface area contributed by atoms with Gasteiger partial charge in [-0.1, -0.05) is 54.6 Å². The van der Waals surface area contributed by atoms with Crippen molar-refractivity contribution < 1.29 is 18.3 Å². The van der Waals surface area contributed by atoms with E-state index in [1.54, 1.807) is 54.6 Å². The summed E-state index contributed by atoms with van der Waals surface area (Å²) in [4.78, 5) is 15.1.